The number of halogens is 1. The number of pyridine rings is 1. The van der Waals surface area contributed by atoms with Gasteiger partial charge < -0.3 is 11.5 Å². The van der Waals surface area contributed by atoms with Gasteiger partial charge in [0.15, 0.2) is 0 Å². The van der Waals surface area contributed by atoms with E-state index < -0.39 is 0 Å². The summed E-state index contributed by atoms with van der Waals surface area (Å²) in [6.45, 7) is 0. The smallest absolute Gasteiger partial charge is 0.203 e. The van der Waals surface area contributed by atoms with E-state index in [1.807, 2.05) is 48.8 Å². The molecular weight excluding hydrogens is 404 g/mol. The lowest BCUT2D eigenvalue weighted by Crippen LogP contribution is -1.90. The van der Waals surface area contributed by atoms with Crippen LogP contribution in [0, 0.1) is 0 Å². The summed E-state index contributed by atoms with van der Waals surface area (Å²) >= 11 is 1.37. The number of hydrogen-bond donors (Lipinski definition) is 2. The van der Waals surface area contributed by atoms with Crippen LogP contribution in [0.3, 0.4) is 0 Å². The number of nitrogens with zero attached hydrogens (tertiary/aromatic N) is 4. The van der Waals surface area contributed by atoms with E-state index in [-0.39, 0.29) is 12.4 Å². The average Bonchev–Trinajstić information content (AvgIpc) is 3.34. The first-order valence-corrected chi connectivity index (χ1v) is 9.52. The van der Waals surface area contributed by atoms with Crippen molar-refractivity contribution in [3.63, 3.8) is 0 Å². The molecule has 4 N–H and O–H groups in total. The maximum Gasteiger partial charge on any atom is 0.203 e. The Hall–Kier alpha value is -3.42. The van der Waals surface area contributed by atoms with Gasteiger partial charge in [-0.3, -0.25) is 4.40 Å². The Morgan fingerprint density at radius 1 is 0.793 bits per heavy atom. The van der Waals surface area contributed by atoms with Gasteiger partial charge in [-0.15, -0.1) is 22.6 Å². The molecule has 2 aromatic carbocycles. The molecular formula is C21H17ClN6S. The number of anilines is 2. The van der Waals surface area contributed by atoms with Crippen LogP contribution in [0.25, 0.3) is 38.6 Å². The molecule has 0 unspecified atom stereocenters. The summed E-state index contributed by atoms with van der Waals surface area (Å²) in [5.74, 6) is 0. The first kappa shape index (κ1) is 18.9. The van der Waals surface area contributed by atoms with Gasteiger partial charge in [-0.05, 0) is 41.5 Å². The molecule has 0 spiro atoms. The normalized spacial score (nSPS) is 10.8. The number of imidazole rings is 1. The van der Waals surface area contributed by atoms with Crippen molar-refractivity contribution < 1.29 is 0 Å². The van der Waals surface area contributed by atoms with Crippen molar-refractivity contribution in [1.82, 2.24) is 19.6 Å². The number of hydrogen-bond acceptors (Lipinski definition) is 6. The number of aromatic nitrogens is 4. The molecule has 3 aromatic heterocycles. The summed E-state index contributed by atoms with van der Waals surface area (Å²) in [6.07, 6.45) is 3.91. The predicted octanol–water partition coefficient (Wildman–Crippen LogP) is 4.77. The molecule has 0 aliphatic rings. The molecule has 5 aromatic rings. The van der Waals surface area contributed by atoms with E-state index in [2.05, 4.69) is 43.8 Å². The second kappa shape index (κ2) is 7.54. The maximum absolute atomic E-state index is 5.91. The maximum atomic E-state index is 5.91. The Balaban J connectivity index is 0.00000205. The molecule has 0 aliphatic carbocycles. The first-order valence-electron chi connectivity index (χ1n) is 8.70. The highest BCUT2D eigenvalue weighted by atomic mass is 35.5. The van der Waals surface area contributed by atoms with Crippen molar-refractivity contribution >= 4 is 40.2 Å². The Bertz CT molecular complexity index is 1310. The van der Waals surface area contributed by atoms with E-state index >= 15 is 0 Å². The lowest BCUT2D eigenvalue weighted by atomic mass is 10.1. The number of nitrogens with two attached hydrogens (primary N) is 2. The number of rotatable bonds is 3. The summed E-state index contributed by atoms with van der Waals surface area (Å²) in [5.41, 5.74) is 18.4. The molecule has 0 radical (unpaired) electrons. The highest BCUT2D eigenvalue weighted by molar-refractivity contribution is 7.18. The summed E-state index contributed by atoms with van der Waals surface area (Å²) in [4.78, 5) is 4.60. The van der Waals surface area contributed by atoms with Crippen molar-refractivity contribution in [2.75, 3.05) is 11.5 Å². The minimum atomic E-state index is 0. The van der Waals surface area contributed by atoms with Crippen LogP contribution < -0.4 is 11.5 Å². The lowest BCUT2D eigenvalue weighted by molar-refractivity contribution is 1.10. The quantitative estimate of drug-likeness (QED) is 0.410. The van der Waals surface area contributed by atoms with Crippen molar-refractivity contribution in [3.05, 3.63) is 73.1 Å². The van der Waals surface area contributed by atoms with Gasteiger partial charge in [0, 0.05) is 23.0 Å². The SMILES string of the molecule is Cl.Nc1cccc(-c2ccn3c(-c4cccc(-c5nnc(N)s5)c4)cnc3c2)c1. The number of fused-ring (bicyclic) bond motifs is 1. The third-order valence-electron chi connectivity index (χ3n) is 4.58. The van der Waals surface area contributed by atoms with E-state index in [9.17, 15) is 0 Å². The van der Waals surface area contributed by atoms with E-state index in [0.717, 1.165) is 44.3 Å². The fourth-order valence-corrected chi connectivity index (χ4v) is 3.86. The van der Waals surface area contributed by atoms with Crippen LogP contribution in [0.5, 0.6) is 0 Å². The van der Waals surface area contributed by atoms with Crippen LogP contribution >= 0.6 is 23.7 Å². The monoisotopic (exact) mass is 420 g/mol. The zero-order valence-electron chi connectivity index (χ0n) is 15.2. The van der Waals surface area contributed by atoms with Crippen LogP contribution in [0.15, 0.2) is 73.1 Å². The minimum Gasteiger partial charge on any atom is -0.399 e. The Kier molecular flexibility index (Phi) is 4.92. The molecule has 6 nitrogen and oxygen atoms in total. The van der Waals surface area contributed by atoms with Crippen LogP contribution in [0.4, 0.5) is 10.8 Å². The van der Waals surface area contributed by atoms with E-state index in [4.69, 9.17) is 11.5 Å². The topological polar surface area (TPSA) is 95.1 Å². The zero-order chi connectivity index (χ0) is 19.1. The van der Waals surface area contributed by atoms with Gasteiger partial charge in [0.05, 0.1) is 11.9 Å². The van der Waals surface area contributed by atoms with Gasteiger partial charge in [-0.1, -0.05) is 41.7 Å². The zero-order valence-corrected chi connectivity index (χ0v) is 16.8. The Morgan fingerprint density at radius 3 is 2.34 bits per heavy atom. The molecule has 3 heterocycles. The highest BCUT2D eigenvalue weighted by Gasteiger charge is 2.10. The number of benzene rings is 2. The molecule has 144 valence electrons. The van der Waals surface area contributed by atoms with Gasteiger partial charge in [0.25, 0.3) is 0 Å². The second-order valence-corrected chi connectivity index (χ2v) is 7.45. The van der Waals surface area contributed by atoms with Crippen LogP contribution in [0.2, 0.25) is 0 Å². The van der Waals surface area contributed by atoms with Crippen molar-refractivity contribution in [2.24, 2.45) is 0 Å². The number of nitrogen functional groups attached to an aromatic ring is 2. The van der Waals surface area contributed by atoms with Gasteiger partial charge in [-0.2, -0.15) is 0 Å². The average molecular weight is 421 g/mol. The van der Waals surface area contributed by atoms with Crippen molar-refractivity contribution in [2.45, 2.75) is 0 Å². The molecule has 0 aliphatic heterocycles. The van der Waals surface area contributed by atoms with E-state index in [1.165, 1.54) is 11.3 Å². The van der Waals surface area contributed by atoms with Gasteiger partial charge in [0.2, 0.25) is 5.13 Å². The third kappa shape index (κ3) is 3.53. The summed E-state index contributed by atoms with van der Waals surface area (Å²) in [5, 5.41) is 9.30. The molecule has 8 heteroatoms. The summed E-state index contributed by atoms with van der Waals surface area (Å²) in [6, 6.07) is 20.1. The molecule has 5 rings (SSSR count). The van der Waals surface area contributed by atoms with Crippen LogP contribution in [0.1, 0.15) is 0 Å². The molecule has 0 saturated carbocycles. The highest BCUT2D eigenvalue weighted by Crippen LogP contribution is 2.30. The Labute approximate surface area is 177 Å². The van der Waals surface area contributed by atoms with E-state index in [0.29, 0.717) is 5.13 Å². The molecule has 0 amide bonds. The molecule has 0 bridgehead atoms. The standard InChI is InChI=1S/C21H16N6S.ClH/c22-17-6-2-3-13(10-17)14-7-8-27-18(12-24-19(27)11-14)15-4-1-5-16(9-15)20-25-26-21(23)28-20;/h1-12H,22H2,(H2,23,26);1H. The Morgan fingerprint density at radius 2 is 1.55 bits per heavy atom. The summed E-state index contributed by atoms with van der Waals surface area (Å²) < 4.78 is 2.07. The van der Waals surface area contributed by atoms with Gasteiger partial charge >= 0.3 is 0 Å². The fraction of sp³-hybridized carbons (Fsp3) is 0. The van der Waals surface area contributed by atoms with Gasteiger partial charge in [-0.25, -0.2) is 4.98 Å². The largest absolute Gasteiger partial charge is 0.399 e. The third-order valence-corrected chi connectivity index (χ3v) is 5.38. The first-order chi connectivity index (χ1) is 13.7. The van der Waals surface area contributed by atoms with E-state index in [1.54, 1.807) is 0 Å². The summed E-state index contributed by atoms with van der Waals surface area (Å²) in [7, 11) is 0. The molecule has 0 saturated heterocycles. The van der Waals surface area contributed by atoms with Gasteiger partial charge in [0.1, 0.15) is 10.7 Å². The van der Waals surface area contributed by atoms with Crippen LogP contribution in [-0.2, 0) is 0 Å². The fourth-order valence-electron chi connectivity index (χ4n) is 3.25. The van der Waals surface area contributed by atoms with Crippen LogP contribution in [-0.4, -0.2) is 19.6 Å². The molecule has 0 fully saturated rings. The predicted molar refractivity (Wildman–Crippen MR) is 121 cm³/mol. The van der Waals surface area contributed by atoms with Crippen molar-refractivity contribution in [3.8, 4) is 33.0 Å². The minimum absolute atomic E-state index is 0. The van der Waals surface area contributed by atoms with Crippen molar-refractivity contribution in [1.29, 1.82) is 0 Å². The molecule has 0 atom stereocenters. The second-order valence-electron chi connectivity index (χ2n) is 6.44. The molecule has 29 heavy (non-hydrogen) atoms. The lowest BCUT2D eigenvalue weighted by Gasteiger charge is -2.06.